The van der Waals surface area contributed by atoms with Crippen LogP contribution in [0.2, 0.25) is 15.1 Å². The van der Waals surface area contributed by atoms with Crippen molar-refractivity contribution in [1.82, 2.24) is 9.78 Å². The second-order valence-electron chi connectivity index (χ2n) is 6.61. The van der Waals surface area contributed by atoms with Gasteiger partial charge >= 0.3 is 18.8 Å². The lowest BCUT2D eigenvalue weighted by atomic mass is 10.2. The predicted molar refractivity (Wildman–Crippen MR) is 118 cm³/mol. The molecular weight excluding hydrogens is 569 g/mol. The van der Waals surface area contributed by atoms with Gasteiger partial charge < -0.3 is 4.74 Å². The molecule has 0 aliphatic rings. The smallest absolute Gasteiger partial charge is 0.429 e. The topological polar surface area (TPSA) is 53.4 Å². The van der Waals surface area contributed by atoms with E-state index in [0.29, 0.717) is 21.2 Å². The van der Waals surface area contributed by atoms with Gasteiger partial charge in [-0.2, -0.15) is 18.6 Å². The Bertz CT molecular complexity index is 1260. The summed E-state index contributed by atoms with van der Waals surface area (Å²) in [6.07, 6.45) is -13.2. The van der Waals surface area contributed by atoms with Crippen LogP contribution in [-0.2, 0) is 10.5 Å². The summed E-state index contributed by atoms with van der Waals surface area (Å²) in [4.78, 5) is 12.9. The van der Waals surface area contributed by atoms with E-state index in [4.69, 9.17) is 34.8 Å². The van der Waals surface area contributed by atoms with Crippen molar-refractivity contribution in [3.05, 3.63) is 79.6 Å². The predicted octanol–water partition coefficient (Wildman–Crippen LogP) is 7.29. The number of rotatable bonds is 8. The summed E-state index contributed by atoms with van der Waals surface area (Å²) in [6, 6.07) is 9.10. The van der Waals surface area contributed by atoms with E-state index in [0.717, 1.165) is 28.6 Å². The third-order valence-corrected chi connectivity index (χ3v) is 6.42. The Kier molecular flexibility index (Phi) is 8.53. The molecule has 15 heteroatoms. The first-order valence-electron chi connectivity index (χ1n) is 9.17. The molecule has 5 nitrogen and oxygen atoms in total. The van der Waals surface area contributed by atoms with E-state index in [2.05, 4.69) is 14.6 Å². The van der Waals surface area contributed by atoms with Crippen molar-refractivity contribution in [2.45, 2.75) is 29.5 Å². The highest BCUT2D eigenvalue weighted by molar-refractivity contribution is 7.98. The molecule has 188 valence electrons. The number of nitrogens with zero attached hydrogens (tertiary/aromatic N) is 2. The zero-order valence-corrected chi connectivity index (χ0v) is 19.9. The first-order valence-corrected chi connectivity index (χ1v) is 11.3. The average molecular weight is 580 g/mol. The summed E-state index contributed by atoms with van der Waals surface area (Å²) in [5.41, 5.74) is 0.257. The van der Waals surface area contributed by atoms with Crippen LogP contribution in [0.1, 0.15) is 5.56 Å². The van der Waals surface area contributed by atoms with Crippen LogP contribution < -0.4 is 10.3 Å². The van der Waals surface area contributed by atoms with Gasteiger partial charge in [0.2, 0.25) is 0 Å². The van der Waals surface area contributed by atoms with Gasteiger partial charge in [0.15, 0.2) is 0 Å². The molecule has 1 unspecified atom stereocenters. The summed E-state index contributed by atoms with van der Waals surface area (Å²) < 4.78 is 83.6. The Labute approximate surface area is 212 Å². The molecule has 1 atom stereocenters. The van der Waals surface area contributed by atoms with Crippen LogP contribution in [0.3, 0.4) is 0 Å². The number of hydrogen-bond donors (Lipinski definition) is 0. The molecule has 0 spiro atoms. The van der Waals surface area contributed by atoms with Crippen molar-refractivity contribution in [3.63, 3.8) is 0 Å². The van der Waals surface area contributed by atoms with Crippen LogP contribution in [0.25, 0.3) is 5.69 Å². The van der Waals surface area contributed by atoms with Crippen LogP contribution in [0.5, 0.6) is 5.75 Å². The molecule has 0 amide bonds. The fourth-order valence-electron chi connectivity index (χ4n) is 2.52. The highest BCUT2D eigenvalue weighted by Gasteiger charge is 2.50. The minimum atomic E-state index is -5.61. The van der Waals surface area contributed by atoms with E-state index in [1.165, 1.54) is 36.5 Å². The van der Waals surface area contributed by atoms with Crippen molar-refractivity contribution in [2.24, 2.45) is 0 Å². The fourth-order valence-corrected chi connectivity index (χ4v) is 3.96. The molecule has 1 aromatic heterocycles. The molecule has 1 heterocycles. The van der Waals surface area contributed by atoms with Crippen molar-refractivity contribution in [2.75, 3.05) is 0 Å². The quantitative estimate of drug-likeness (QED) is 0.207. The van der Waals surface area contributed by atoms with Gasteiger partial charge in [-0.3, -0.25) is 4.79 Å². The van der Waals surface area contributed by atoms with E-state index in [-0.39, 0.29) is 15.8 Å². The molecule has 3 rings (SSSR count). The third kappa shape index (κ3) is 7.20. The van der Waals surface area contributed by atoms with Crippen molar-refractivity contribution < 1.29 is 35.8 Å². The third-order valence-electron chi connectivity index (χ3n) is 4.11. The summed E-state index contributed by atoms with van der Waals surface area (Å²) in [7, 11) is 0. The molecule has 0 aliphatic heterocycles. The first kappa shape index (κ1) is 27.5. The number of benzene rings is 2. The lowest BCUT2D eigenvalue weighted by molar-refractivity contribution is -0.411. The highest BCUT2D eigenvalue weighted by atomic mass is 35.5. The maximum atomic E-state index is 13.5. The monoisotopic (exact) mass is 578 g/mol. The molecule has 3 aromatic rings. The molecule has 0 radical (unpaired) electrons. The SMILES string of the molecule is O=c1c(Cl)c(SCc2ccc(OC(F)(F)C(F)OC(F)(F)F)cc2)cnn1-c1ccc(Cl)c(Cl)c1. The lowest BCUT2D eigenvalue weighted by Gasteiger charge is -2.22. The number of halogens is 9. The molecule has 0 saturated heterocycles. The molecule has 0 aliphatic carbocycles. The minimum absolute atomic E-state index is 0.130. The van der Waals surface area contributed by atoms with Gasteiger partial charge in [-0.1, -0.05) is 46.9 Å². The molecule has 2 aromatic carbocycles. The maximum Gasteiger partial charge on any atom is 0.525 e. The van der Waals surface area contributed by atoms with E-state index >= 15 is 0 Å². The highest BCUT2D eigenvalue weighted by Crippen LogP contribution is 2.33. The van der Waals surface area contributed by atoms with Gasteiger partial charge in [-0.05, 0) is 35.9 Å². The van der Waals surface area contributed by atoms with Gasteiger partial charge in [0.25, 0.3) is 5.56 Å². The zero-order chi connectivity index (χ0) is 26.0. The largest absolute Gasteiger partial charge is 0.525 e. The van der Waals surface area contributed by atoms with E-state index in [9.17, 15) is 31.1 Å². The standard InChI is InChI=1S/C20H11Cl3F6N2O3S/c21-13-6-3-11(7-14(13)22)31-17(32)16(23)15(8-30-31)35-9-10-1-4-12(5-2-10)33-19(25,26)18(24)34-20(27,28)29/h1-8,18H,9H2. The number of ether oxygens (including phenoxy) is 2. The normalized spacial score (nSPS) is 13.1. The Hall–Kier alpha value is -2.12. The molecular formula is C20H11Cl3F6N2O3S. The average Bonchev–Trinajstić information content (AvgIpc) is 2.76. The second kappa shape index (κ2) is 10.9. The van der Waals surface area contributed by atoms with Gasteiger partial charge in [-0.25, -0.2) is 9.13 Å². The molecule has 0 N–H and O–H groups in total. The number of aromatic nitrogens is 2. The van der Waals surface area contributed by atoms with Crippen LogP contribution in [0.4, 0.5) is 26.3 Å². The number of hydrogen-bond acceptors (Lipinski definition) is 5. The zero-order valence-electron chi connectivity index (χ0n) is 16.8. The van der Waals surface area contributed by atoms with E-state index < -0.39 is 30.1 Å². The molecule has 0 bridgehead atoms. The van der Waals surface area contributed by atoms with Crippen LogP contribution in [-0.4, -0.2) is 28.6 Å². The lowest BCUT2D eigenvalue weighted by Crippen LogP contribution is -2.41. The number of alkyl halides is 6. The van der Waals surface area contributed by atoms with Crippen LogP contribution in [0, 0.1) is 0 Å². The Balaban J connectivity index is 1.66. The van der Waals surface area contributed by atoms with Crippen molar-refractivity contribution in [1.29, 1.82) is 0 Å². The van der Waals surface area contributed by atoms with Gasteiger partial charge in [0, 0.05) is 5.75 Å². The van der Waals surface area contributed by atoms with Crippen molar-refractivity contribution >= 4 is 46.6 Å². The summed E-state index contributed by atoms with van der Waals surface area (Å²) in [6.45, 7) is 0. The van der Waals surface area contributed by atoms with Crippen molar-refractivity contribution in [3.8, 4) is 11.4 Å². The Morgan fingerprint density at radius 1 is 1.00 bits per heavy atom. The van der Waals surface area contributed by atoms with Gasteiger partial charge in [0.05, 0.1) is 26.8 Å². The second-order valence-corrected chi connectivity index (χ2v) is 8.82. The van der Waals surface area contributed by atoms with E-state index in [1.807, 2.05) is 0 Å². The number of thioether (sulfide) groups is 1. The van der Waals surface area contributed by atoms with E-state index in [1.54, 1.807) is 0 Å². The fraction of sp³-hybridized carbons (Fsp3) is 0.200. The minimum Gasteiger partial charge on any atom is -0.429 e. The summed E-state index contributed by atoms with van der Waals surface area (Å²) >= 11 is 19.1. The summed E-state index contributed by atoms with van der Waals surface area (Å²) in [5.74, 6) is -0.391. The molecule has 35 heavy (non-hydrogen) atoms. The Morgan fingerprint density at radius 2 is 1.66 bits per heavy atom. The maximum absolute atomic E-state index is 13.5. The van der Waals surface area contributed by atoms with Gasteiger partial charge in [-0.15, -0.1) is 24.9 Å². The van der Waals surface area contributed by atoms with Crippen LogP contribution in [0.15, 0.2) is 58.4 Å². The first-order chi connectivity index (χ1) is 16.3. The summed E-state index contributed by atoms with van der Waals surface area (Å²) in [5, 5.41) is 4.43. The molecule has 0 fully saturated rings. The van der Waals surface area contributed by atoms with Gasteiger partial charge in [0.1, 0.15) is 10.8 Å². The molecule has 0 saturated carbocycles. The van der Waals surface area contributed by atoms with Crippen LogP contribution >= 0.6 is 46.6 Å². The Morgan fingerprint density at radius 3 is 2.26 bits per heavy atom.